The molecule has 0 aromatic heterocycles. The normalized spacial score (nSPS) is 11.0. The number of halogens is 1. The van der Waals surface area contributed by atoms with Gasteiger partial charge in [-0.25, -0.2) is 4.79 Å². The molecule has 0 radical (unpaired) electrons. The first-order chi connectivity index (χ1) is 13.1. The SMILES string of the molecule is Cl.NC(CCCCNC(=O)OCc1ccccc1)C(=O)NCc1ccccc1. The predicted molar refractivity (Wildman–Crippen MR) is 112 cm³/mol. The molecule has 2 amide bonds. The number of amides is 2. The minimum absolute atomic E-state index is 0. The molecule has 6 nitrogen and oxygen atoms in total. The number of hydrogen-bond donors (Lipinski definition) is 3. The molecule has 0 fully saturated rings. The van der Waals surface area contributed by atoms with Gasteiger partial charge in [-0.15, -0.1) is 12.4 Å². The molecule has 0 bridgehead atoms. The number of carbonyl (C=O) groups excluding carboxylic acids is 2. The van der Waals surface area contributed by atoms with Gasteiger partial charge >= 0.3 is 6.09 Å². The first-order valence-corrected chi connectivity index (χ1v) is 9.17. The first kappa shape index (κ1) is 23.5. The summed E-state index contributed by atoms with van der Waals surface area (Å²) < 4.78 is 5.13. The second kappa shape index (κ2) is 13.6. The molecule has 0 spiro atoms. The van der Waals surface area contributed by atoms with E-state index in [4.69, 9.17) is 10.5 Å². The van der Waals surface area contributed by atoms with Crippen molar-refractivity contribution in [1.29, 1.82) is 0 Å². The van der Waals surface area contributed by atoms with Gasteiger partial charge in [0.05, 0.1) is 6.04 Å². The Morgan fingerprint density at radius 1 is 0.893 bits per heavy atom. The van der Waals surface area contributed by atoms with Gasteiger partial charge in [0, 0.05) is 13.1 Å². The molecule has 28 heavy (non-hydrogen) atoms. The van der Waals surface area contributed by atoms with E-state index in [-0.39, 0.29) is 24.9 Å². The highest BCUT2D eigenvalue weighted by atomic mass is 35.5. The van der Waals surface area contributed by atoms with Gasteiger partial charge in [-0.2, -0.15) is 0 Å². The average molecular weight is 406 g/mol. The maximum atomic E-state index is 12.0. The molecule has 0 saturated carbocycles. The van der Waals surface area contributed by atoms with Crippen LogP contribution in [0.1, 0.15) is 30.4 Å². The third kappa shape index (κ3) is 9.39. The number of benzene rings is 2. The summed E-state index contributed by atoms with van der Waals surface area (Å²) in [5, 5.41) is 5.54. The van der Waals surface area contributed by atoms with Crippen molar-refractivity contribution in [3.05, 3.63) is 71.8 Å². The zero-order valence-corrected chi connectivity index (χ0v) is 16.6. The molecular weight excluding hydrogens is 378 g/mol. The molecule has 2 rings (SSSR count). The molecular formula is C21H28ClN3O3. The van der Waals surface area contributed by atoms with Gasteiger partial charge in [0.15, 0.2) is 0 Å². The molecule has 0 aliphatic carbocycles. The lowest BCUT2D eigenvalue weighted by Crippen LogP contribution is -2.40. The Kier molecular flexibility index (Phi) is 11.4. The number of hydrogen-bond acceptors (Lipinski definition) is 4. The van der Waals surface area contributed by atoms with E-state index in [0.29, 0.717) is 19.5 Å². The Hall–Kier alpha value is -2.57. The second-order valence-corrected chi connectivity index (χ2v) is 6.29. The van der Waals surface area contributed by atoms with Crippen LogP contribution in [0.4, 0.5) is 4.79 Å². The fourth-order valence-electron chi connectivity index (χ4n) is 2.50. The van der Waals surface area contributed by atoms with Crippen LogP contribution in [0, 0.1) is 0 Å². The molecule has 2 aromatic rings. The lowest BCUT2D eigenvalue weighted by molar-refractivity contribution is -0.122. The Balaban J connectivity index is 0.00000392. The molecule has 0 saturated heterocycles. The molecule has 0 aliphatic heterocycles. The predicted octanol–water partition coefficient (Wildman–Crippen LogP) is 3.15. The van der Waals surface area contributed by atoms with E-state index in [1.807, 2.05) is 60.7 Å². The molecule has 1 unspecified atom stereocenters. The summed E-state index contributed by atoms with van der Waals surface area (Å²) >= 11 is 0. The fraction of sp³-hybridized carbons (Fsp3) is 0.333. The van der Waals surface area contributed by atoms with Crippen molar-refractivity contribution in [2.45, 2.75) is 38.5 Å². The monoisotopic (exact) mass is 405 g/mol. The van der Waals surface area contributed by atoms with Gasteiger partial charge in [-0.05, 0) is 30.4 Å². The van der Waals surface area contributed by atoms with Crippen LogP contribution in [0.3, 0.4) is 0 Å². The summed E-state index contributed by atoms with van der Waals surface area (Å²) in [7, 11) is 0. The minimum Gasteiger partial charge on any atom is -0.445 e. The fourth-order valence-corrected chi connectivity index (χ4v) is 2.50. The standard InChI is InChI=1S/C21H27N3O3.ClH/c22-19(20(25)24-15-17-9-3-1-4-10-17)13-7-8-14-23-21(26)27-16-18-11-5-2-6-12-18;/h1-6,9-12,19H,7-8,13-16,22H2,(H,23,26)(H,24,25);1H. The lowest BCUT2D eigenvalue weighted by Gasteiger charge is -2.12. The smallest absolute Gasteiger partial charge is 0.407 e. The Morgan fingerprint density at radius 3 is 2.14 bits per heavy atom. The van der Waals surface area contributed by atoms with Crippen LogP contribution in [-0.4, -0.2) is 24.6 Å². The summed E-state index contributed by atoms with van der Waals surface area (Å²) in [5.41, 5.74) is 7.89. The number of rotatable bonds is 10. The lowest BCUT2D eigenvalue weighted by atomic mass is 10.1. The largest absolute Gasteiger partial charge is 0.445 e. The summed E-state index contributed by atoms with van der Waals surface area (Å²) in [4.78, 5) is 23.6. The highest BCUT2D eigenvalue weighted by Gasteiger charge is 2.12. The minimum atomic E-state index is -0.543. The zero-order chi connectivity index (χ0) is 19.3. The second-order valence-electron chi connectivity index (χ2n) is 6.29. The highest BCUT2D eigenvalue weighted by Crippen LogP contribution is 2.02. The zero-order valence-electron chi connectivity index (χ0n) is 15.8. The van der Waals surface area contributed by atoms with Crippen LogP contribution < -0.4 is 16.4 Å². The van der Waals surface area contributed by atoms with E-state index in [0.717, 1.165) is 24.0 Å². The van der Waals surface area contributed by atoms with E-state index in [1.54, 1.807) is 0 Å². The summed E-state index contributed by atoms with van der Waals surface area (Å²) in [6, 6.07) is 18.7. The van der Waals surface area contributed by atoms with Gasteiger partial charge in [0.25, 0.3) is 0 Å². The molecule has 1 atom stereocenters. The highest BCUT2D eigenvalue weighted by molar-refractivity contribution is 5.85. The number of nitrogens with one attached hydrogen (secondary N) is 2. The van der Waals surface area contributed by atoms with Crippen molar-refractivity contribution >= 4 is 24.4 Å². The molecule has 0 aliphatic rings. The molecule has 4 N–H and O–H groups in total. The molecule has 152 valence electrons. The molecule has 0 heterocycles. The maximum absolute atomic E-state index is 12.0. The van der Waals surface area contributed by atoms with Crippen molar-refractivity contribution in [3.63, 3.8) is 0 Å². The van der Waals surface area contributed by atoms with Crippen molar-refractivity contribution in [3.8, 4) is 0 Å². The quantitative estimate of drug-likeness (QED) is 0.529. The first-order valence-electron chi connectivity index (χ1n) is 9.17. The summed E-state index contributed by atoms with van der Waals surface area (Å²) in [6.07, 6.45) is 1.61. The van der Waals surface area contributed by atoms with E-state index in [1.165, 1.54) is 0 Å². The summed E-state index contributed by atoms with van der Waals surface area (Å²) in [5.74, 6) is -0.158. The molecule has 7 heteroatoms. The summed E-state index contributed by atoms with van der Waals surface area (Å²) in [6.45, 7) is 1.22. The van der Waals surface area contributed by atoms with Crippen LogP contribution >= 0.6 is 12.4 Å². The van der Waals surface area contributed by atoms with Gasteiger partial charge in [-0.1, -0.05) is 60.7 Å². The maximum Gasteiger partial charge on any atom is 0.407 e. The van der Waals surface area contributed by atoms with Crippen LogP contribution in [0.15, 0.2) is 60.7 Å². The van der Waals surface area contributed by atoms with E-state index in [2.05, 4.69) is 10.6 Å². The van der Waals surface area contributed by atoms with E-state index < -0.39 is 12.1 Å². The van der Waals surface area contributed by atoms with Crippen molar-refractivity contribution in [2.24, 2.45) is 5.73 Å². The van der Waals surface area contributed by atoms with Crippen LogP contribution in [0.5, 0.6) is 0 Å². The van der Waals surface area contributed by atoms with Crippen LogP contribution in [0.2, 0.25) is 0 Å². The average Bonchev–Trinajstić information content (AvgIpc) is 2.71. The number of nitrogens with two attached hydrogens (primary N) is 1. The van der Waals surface area contributed by atoms with Gasteiger partial charge in [-0.3, -0.25) is 4.79 Å². The number of carbonyl (C=O) groups is 2. The third-order valence-corrected chi connectivity index (χ3v) is 4.07. The van der Waals surface area contributed by atoms with Gasteiger partial charge in [0.2, 0.25) is 5.91 Å². The van der Waals surface area contributed by atoms with E-state index in [9.17, 15) is 9.59 Å². The number of ether oxygens (including phenoxy) is 1. The molecule has 2 aromatic carbocycles. The van der Waals surface area contributed by atoms with Crippen LogP contribution in [-0.2, 0) is 22.7 Å². The Labute approximate surface area is 172 Å². The topological polar surface area (TPSA) is 93.4 Å². The van der Waals surface area contributed by atoms with Crippen molar-refractivity contribution in [2.75, 3.05) is 6.54 Å². The Bertz CT molecular complexity index is 699. The van der Waals surface area contributed by atoms with E-state index >= 15 is 0 Å². The van der Waals surface area contributed by atoms with Gasteiger partial charge < -0.3 is 21.1 Å². The number of unbranched alkanes of at least 4 members (excludes halogenated alkanes) is 1. The number of alkyl carbamates (subject to hydrolysis) is 1. The Morgan fingerprint density at radius 2 is 1.50 bits per heavy atom. The third-order valence-electron chi connectivity index (χ3n) is 4.07. The van der Waals surface area contributed by atoms with Crippen molar-refractivity contribution < 1.29 is 14.3 Å². The van der Waals surface area contributed by atoms with Crippen molar-refractivity contribution in [1.82, 2.24) is 10.6 Å². The van der Waals surface area contributed by atoms with Crippen LogP contribution in [0.25, 0.3) is 0 Å². The van der Waals surface area contributed by atoms with Gasteiger partial charge in [0.1, 0.15) is 6.61 Å².